The molecular formula is C16H18F2N2O3S. The molecule has 1 aromatic rings. The van der Waals surface area contributed by atoms with Crippen molar-refractivity contribution in [2.75, 3.05) is 11.9 Å². The van der Waals surface area contributed by atoms with Crippen molar-refractivity contribution >= 4 is 21.7 Å². The molecule has 1 aromatic carbocycles. The SMILES string of the molecule is Cc1cccc2c1NC(=O)N(CC1CCC3C(C1)C3(F)F)S2(=O)=O. The molecule has 0 saturated heterocycles. The molecule has 24 heavy (non-hydrogen) atoms. The average Bonchev–Trinajstić information content (AvgIpc) is 3.06. The Bertz CT molecular complexity index is 825. The Hall–Kier alpha value is -1.70. The Balaban J connectivity index is 1.59. The van der Waals surface area contributed by atoms with Crippen LogP contribution in [0.15, 0.2) is 23.1 Å². The van der Waals surface area contributed by atoms with Crippen molar-refractivity contribution < 1.29 is 22.0 Å². The smallest absolute Gasteiger partial charge is 0.305 e. The van der Waals surface area contributed by atoms with E-state index in [0.29, 0.717) is 24.1 Å². The maximum absolute atomic E-state index is 13.5. The van der Waals surface area contributed by atoms with E-state index in [0.717, 1.165) is 4.31 Å². The lowest BCUT2D eigenvalue weighted by atomic mass is 9.89. The number of anilines is 1. The van der Waals surface area contributed by atoms with Crippen molar-refractivity contribution in [1.82, 2.24) is 4.31 Å². The van der Waals surface area contributed by atoms with E-state index >= 15 is 0 Å². The van der Waals surface area contributed by atoms with Crippen LogP contribution in [0, 0.1) is 24.7 Å². The van der Waals surface area contributed by atoms with Crippen LogP contribution in [0.1, 0.15) is 24.8 Å². The van der Waals surface area contributed by atoms with Gasteiger partial charge >= 0.3 is 6.03 Å². The van der Waals surface area contributed by atoms with Gasteiger partial charge in [-0.1, -0.05) is 12.1 Å². The predicted molar refractivity (Wildman–Crippen MR) is 83.4 cm³/mol. The second kappa shape index (κ2) is 4.91. The second-order valence-corrected chi connectivity index (χ2v) is 8.81. The summed E-state index contributed by atoms with van der Waals surface area (Å²) in [6.45, 7) is 1.68. The molecule has 2 aliphatic carbocycles. The molecule has 0 aromatic heterocycles. The van der Waals surface area contributed by atoms with Crippen LogP contribution in [-0.2, 0) is 10.0 Å². The number of sulfonamides is 1. The molecule has 130 valence electrons. The van der Waals surface area contributed by atoms with Gasteiger partial charge in [-0.2, -0.15) is 0 Å². The minimum absolute atomic E-state index is 0.0408. The number of halogens is 2. The number of nitrogens with zero attached hydrogens (tertiary/aromatic N) is 1. The van der Waals surface area contributed by atoms with Gasteiger partial charge < -0.3 is 5.32 Å². The van der Waals surface area contributed by atoms with Crippen LogP contribution >= 0.6 is 0 Å². The third-order valence-corrected chi connectivity index (χ3v) is 7.31. The summed E-state index contributed by atoms with van der Waals surface area (Å²) in [5.74, 6) is -4.03. The van der Waals surface area contributed by atoms with Gasteiger partial charge in [-0.3, -0.25) is 0 Å². The summed E-state index contributed by atoms with van der Waals surface area (Å²) in [5.41, 5.74) is 0.971. The van der Waals surface area contributed by atoms with Crippen LogP contribution < -0.4 is 5.32 Å². The van der Waals surface area contributed by atoms with Gasteiger partial charge in [0.2, 0.25) is 0 Å². The monoisotopic (exact) mass is 356 g/mol. The van der Waals surface area contributed by atoms with Crippen LogP contribution in [0.5, 0.6) is 0 Å². The fourth-order valence-corrected chi connectivity index (χ4v) is 5.69. The molecule has 1 heterocycles. The molecular weight excluding hydrogens is 338 g/mol. The quantitative estimate of drug-likeness (QED) is 0.885. The summed E-state index contributed by atoms with van der Waals surface area (Å²) in [6, 6.07) is 4.09. The molecule has 5 nitrogen and oxygen atoms in total. The van der Waals surface area contributed by atoms with E-state index in [1.165, 1.54) is 6.07 Å². The number of aryl methyl sites for hydroxylation is 1. The number of hydrogen-bond acceptors (Lipinski definition) is 3. The van der Waals surface area contributed by atoms with Crippen molar-refractivity contribution in [3.8, 4) is 0 Å². The minimum Gasteiger partial charge on any atom is -0.305 e. The van der Waals surface area contributed by atoms with Gasteiger partial charge in [0.15, 0.2) is 0 Å². The third-order valence-electron chi connectivity index (χ3n) is 5.52. The zero-order valence-electron chi connectivity index (χ0n) is 13.1. The molecule has 1 N–H and O–H groups in total. The van der Waals surface area contributed by atoms with E-state index in [4.69, 9.17) is 0 Å². The van der Waals surface area contributed by atoms with E-state index in [1.807, 2.05) is 0 Å². The van der Waals surface area contributed by atoms with E-state index in [-0.39, 0.29) is 23.8 Å². The van der Waals surface area contributed by atoms with Gasteiger partial charge in [-0.25, -0.2) is 26.3 Å². The van der Waals surface area contributed by atoms with Crippen molar-refractivity contribution in [3.63, 3.8) is 0 Å². The largest absolute Gasteiger partial charge is 0.335 e. The Morgan fingerprint density at radius 1 is 1.29 bits per heavy atom. The van der Waals surface area contributed by atoms with Crippen LogP contribution in [-0.4, -0.2) is 31.2 Å². The Labute approximate surface area is 139 Å². The third kappa shape index (κ3) is 2.15. The number of alkyl halides is 2. The highest BCUT2D eigenvalue weighted by molar-refractivity contribution is 7.90. The normalized spacial score (nSPS) is 32.5. The summed E-state index contributed by atoms with van der Waals surface area (Å²) in [6.07, 6.45) is 1.20. The first kappa shape index (κ1) is 15.8. The zero-order chi connectivity index (χ0) is 17.3. The molecule has 2 amide bonds. The van der Waals surface area contributed by atoms with Crippen molar-refractivity contribution in [3.05, 3.63) is 23.8 Å². The van der Waals surface area contributed by atoms with Gasteiger partial charge in [0.1, 0.15) is 4.90 Å². The first-order valence-electron chi connectivity index (χ1n) is 8.04. The molecule has 3 unspecified atom stereocenters. The molecule has 2 saturated carbocycles. The predicted octanol–water partition coefficient (Wildman–Crippen LogP) is 3.21. The molecule has 0 radical (unpaired) electrons. The first-order valence-corrected chi connectivity index (χ1v) is 9.48. The summed E-state index contributed by atoms with van der Waals surface area (Å²) < 4.78 is 53.4. The Kier molecular flexibility index (Phi) is 3.23. The van der Waals surface area contributed by atoms with E-state index in [1.54, 1.807) is 19.1 Å². The number of carbonyl (C=O) groups excluding carboxylic acids is 1. The number of para-hydroxylation sites is 1. The fourth-order valence-electron chi connectivity index (χ4n) is 4.06. The molecule has 8 heteroatoms. The summed E-state index contributed by atoms with van der Waals surface area (Å²) in [4.78, 5) is 12.4. The van der Waals surface area contributed by atoms with Crippen molar-refractivity contribution in [1.29, 1.82) is 0 Å². The van der Waals surface area contributed by atoms with Crippen LogP contribution in [0.4, 0.5) is 19.3 Å². The first-order chi connectivity index (χ1) is 11.2. The number of benzene rings is 1. The summed E-state index contributed by atoms with van der Waals surface area (Å²) in [7, 11) is -3.95. The standard InChI is InChI=1S/C16H18F2N2O3S/c1-9-3-2-4-13-14(9)19-15(21)20(24(13,22)23)8-10-5-6-11-12(7-10)16(11,17)18/h2-4,10-12H,5-8H2,1H3,(H,19,21). The van der Waals surface area contributed by atoms with Gasteiger partial charge in [0.05, 0.1) is 5.69 Å². The van der Waals surface area contributed by atoms with Crippen molar-refractivity contribution in [2.24, 2.45) is 17.8 Å². The zero-order valence-corrected chi connectivity index (χ0v) is 13.9. The van der Waals surface area contributed by atoms with Gasteiger partial charge in [0.25, 0.3) is 15.9 Å². The summed E-state index contributed by atoms with van der Waals surface area (Å²) >= 11 is 0. The average molecular weight is 356 g/mol. The Morgan fingerprint density at radius 2 is 2.04 bits per heavy atom. The van der Waals surface area contributed by atoms with E-state index in [2.05, 4.69) is 5.32 Å². The molecule has 0 bridgehead atoms. The van der Waals surface area contributed by atoms with Crippen molar-refractivity contribution in [2.45, 2.75) is 37.0 Å². The number of rotatable bonds is 2. The molecule has 4 rings (SSSR count). The van der Waals surface area contributed by atoms with Gasteiger partial charge in [-0.05, 0) is 43.7 Å². The fraction of sp³-hybridized carbons (Fsp3) is 0.562. The number of carbonyl (C=O) groups is 1. The highest BCUT2D eigenvalue weighted by Crippen LogP contribution is 2.63. The molecule has 3 aliphatic rings. The number of hydrogen-bond donors (Lipinski definition) is 1. The maximum Gasteiger partial charge on any atom is 0.335 e. The molecule has 0 spiro atoms. The lowest BCUT2D eigenvalue weighted by molar-refractivity contribution is 0.0842. The maximum atomic E-state index is 13.5. The molecule has 3 atom stereocenters. The molecule has 1 aliphatic heterocycles. The highest BCUT2D eigenvalue weighted by atomic mass is 32.2. The van der Waals surface area contributed by atoms with E-state index < -0.39 is 33.8 Å². The van der Waals surface area contributed by atoms with Gasteiger partial charge in [-0.15, -0.1) is 0 Å². The minimum atomic E-state index is -3.95. The lowest BCUT2D eigenvalue weighted by Gasteiger charge is -2.33. The molecule has 2 fully saturated rings. The second-order valence-electron chi connectivity index (χ2n) is 6.98. The Morgan fingerprint density at radius 3 is 2.75 bits per heavy atom. The van der Waals surface area contributed by atoms with Crippen LogP contribution in [0.3, 0.4) is 0 Å². The number of nitrogens with one attached hydrogen (secondary N) is 1. The van der Waals surface area contributed by atoms with Gasteiger partial charge in [0, 0.05) is 18.4 Å². The van der Waals surface area contributed by atoms with Crippen LogP contribution in [0.2, 0.25) is 0 Å². The summed E-state index contributed by atoms with van der Waals surface area (Å²) in [5, 5.41) is 2.62. The van der Waals surface area contributed by atoms with Crippen LogP contribution in [0.25, 0.3) is 0 Å². The number of urea groups is 1. The lowest BCUT2D eigenvalue weighted by Crippen LogP contribution is -2.46. The topological polar surface area (TPSA) is 66.5 Å². The highest BCUT2D eigenvalue weighted by Gasteiger charge is 2.68. The number of fused-ring (bicyclic) bond motifs is 2. The van der Waals surface area contributed by atoms with E-state index in [9.17, 15) is 22.0 Å². The number of amides is 2.